The number of benzene rings is 1. The van der Waals surface area contributed by atoms with Crippen LogP contribution in [0.15, 0.2) is 42.6 Å². The number of carbonyl (C=O) groups is 2. The van der Waals surface area contributed by atoms with Crippen molar-refractivity contribution >= 4 is 11.8 Å². The summed E-state index contributed by atoms with van der Waals surface area (Å²) >= 11 is 0. The summed E-state index contributed by atoms with van der Waals surface area (Å²) < 4.78 is 0. The van der Waals surface area contributed by atoms with Crippen molar-refractivity contribution in [2.24, 2.45) is 0 Å². The average molecular weight is 349 g/mol. The van der Waals surface area contributed by atoms with E-state index < -0.39 is 0 Å². The molecule has 134 valence electrons. The molecule has 1 fully saturated rings. The van der Waals surface area contributed by atoms with Gasteiger partial charge in [0.15, 0.2) is 0 Å². The number of likely N-dealkylation sites (tertiary alicyclic amines) is 1. The summed E-state index contributed by atoms with van der Waals surface area (Å²) in [5, 5.41) is 3.05. The normalized spacial score (nSPS) is 18.8. The molecule has 0 spiro atoms. The maximum Gasteiger partial charge on any atom is 0.229 e. The Morgan fingerprint density at radius 2 is 2.08 bits per heavy atom. The molecular formula is C21H23N3O2. The lowest BCUT2D eigenvalue weighted by Crippen LogP contribution is -2.28. The zero-order valence-electron chi connectivity index (χ0n) is 14.8. The van der Waals surface area contributed by atoms with Crippen molar-refractivity contribution < 1.29 is 9.59 Å². The van der Waals surface area contributed by atoms with Crippen LogP contribution in [0.5, 0.6) is 0 Å². The van der Waals surface area contributed by atoms with Crippen LogP contribution in [0.3, 0.4) is 0 Å². The number of aromatic nitrogens is 1. The lowest BCUT2D eigenvalue weighted by atomic mass is 10.1. The molecule has 1 N–H and O–H groups in total. The molecule has 4 rings (SSSR count). The average Bonchev–Trinajstić information content (AvgIpc) is 3.27. The second kappa shape index (κ2) is 7.28. The predicted octanol–water partition coefficient (Wildman–Crippen LogP) is 2.55. The molecule has 5 nitrogen and oxygen atoms in total. The van der Waals surface area contributed by atoms with Crippen LogP contribution >= 0.6 is 0 Å². The van der Waals surface area contributed by atoms with E-state index in [0.29, 0.717) is 19.5 Å². The Balaban J connectivity index is 1.37. The van der Waals surface area contributed by atoms with E-state index in [0.717, 1.165) is 42.6 Å². The van der Waals surface area contributed by atoms with Crippen LogP contribution in [0.4, 0.5) is 0 Å². The van der Waals surface area contributed by atoms with Gasteiger partial charge in [0.05, 0.1) is 11.6 Å². The fourth-order valence-corrected chi connectivity index (χ4v) is 3.91. The summed E-state index contributed by atoms with van der Waals surface area (Å²) in [7, 11) is 0. The molecule has 0 bridgehead atoms. The van der Waals surface area contributed by atoms with E-state index in [4.69, 9.17) is 0 Å². The fourth-order valence-electron chi connectivity index (χ4n) is 3.91. The van der Waals surface area contributed by atoms with E-state index in [1.165, 1.54) is 5.56 Å². The van der Waals surface area contributed by atoms with Crippen LogP contribution in [-0.2, 0) is 29.1 Å². The first-order valence-corrected chi connectivity index (χ1v) is 9.28. The van der Waals surface area contributed by atoms with Crippen LogP contribution < -0.4 is 5.32 Å². The number of aryl methyl sites for hydroxylation is 1. The summed E-state index contributed by atoms with van der Waals surface area (Å²) in [4.78, 5) is 30.7. The zero-order valence-corrected chi connectivity index (χ0v) is 14.8. The highest BCUT2D eigenvalue weighted by atomic mass is 16.2. The molecule has 0 saturated carbocycles. The lowest BCUT2D eigenvalue weighted by molar-refractivity contribution is -0.128. The van der Waals surface area contributed by atoms with Gasteiger partial charge in [-0.1, -0.05) is 30.3 Å². The van der Waals surface area contributed by atoms with Gasteiger partial charge in [-0.2, -0.15) is 0 Å². The highest BCUT2D eigenvalue weighted by molar-refractivity contribution is 5.84. The van der Waals surface area contributed by atoms with Crippen LogP contribution in [-0.4, -0.2) is 28.2 Å². The number of nitrogens with one attached hydrogen (secondary N) is 1. The molecule has 26 heavy (non-hydrogen) atoms. The Labute approximate surface area is 153 Å². The summed E-state index contributed by atoms with van der Waals surface area (Å²) in [6.07, 6.45) is 5.11. The van der Waals surface area contributed by atoms with Gasteiger partial charge < -0.3 is 10.2 Å². The van der Waals surface area contributed by atoms with Gasteiger partial charge >= 0.3 is 0 Å². The van der Waals surface area contributed by atoms with Crippen molar-refractivity contribution in [2.75, 3.05) is 6.54 Å². The summed E-state index contributed by atoms with van der Waals surface area (Å²) in [5.74, 6) is 0.135. The molecular weight excluding hydrogens is 326 g/mol. The van der Waals surface area contributed by atoms with Crippen molar-refractivity contribution in [1.82, 2.24) is 15.2 Å². The fraction of sp³-hybridized carbons (Fsp3) is 0.381. The Bertz CT molecular complexity index is 834. The number of fused-ring (bicyclic) bond motifs is 1. The van der Waals surface area contributed by atoms with Gasteiger partial charge in [-0.05, 0) is 42.0 Å². The summed E-state index contributed by atoms with van der Waals surface area (Å²) in [5.41, 5.74) is 4.28. The molecule has 1 atom stereocenters. The van der Waals surface area contributed by atoms with Gasteiger partial charge in [0, 0.05) is 32.3 Å². The van der Waals surface area contributed by atoms with Crippen molar-refractivity contribution in [3.05, 3.63) is 65.0 Å². The van der Waals surface area contributed by atoms with Crippen molar-refractivity contribution in [2.45, 2.75) is 44.7 Å². The quantitative estimate of drug-likeness (QED) is 0.902. The molecule has 0 radical (unpaired) electrons. The molecule has 2 heterocycles. The van der Waals surface area contributed by atoms with Crippen LogP contribution in [0.2, 0.25) is 0 Å². The molecule has 1 aliphatic carbocycles. The van der Waals surface area contributed by atoms with E-state index in [-0.39, 0.29) is 17.7 Å². The Kier molecular flexibility index (Phi) is 4.69. The molecule has 2 amide bonds. The molecule has 2 aromatic rings. The number of rotatable bonds is 5. The lowest BCUT2D eigenvalue weighted by Gasteiger charge is -2.16. The van der Waals surface area contributed by atoms with Crippen molar-refractivity contribution in [3.8, 4) is 0 Å². The predicted molar refractivity (Wildman–Crippen MR) is 98.2 cm³/mol. The number of pyridine rings is 1. The van der Waals surface area contributed by atoms with Gasteiger partial charge in [-0.15, -0.1) is 0 Å². The third-order valence-electron chi connectivity index (χ3n) is 5.28. The van der Waals surface area contributed by atoms with Gasteiger partial charge in [-0.25, -0.2) is 0 Å². The van der Waals surface area contributed by atoms with E-state index >= 15 is 0 Å². The second-order valence-corrected chi connectivity index (χ2v) is 7.10. The van der Waals surface area contributed by atoms with Crippen LogP contribution in [0.1, 0.15) is 47.6 Å². The molecule has 2 aliphatic rings. The van der Waals surface area contributed by atoms with Crippen molar-refractivity contribution in [3.63, 3.8) is 0 Å². The largest absolute Gasteiger partial charge is 0.351 e. The topological polar surface area (TPSA) is 62.3 Å². The monoisotopic (exact) mass is 349 g/mol. The molecule has 0 unspecified atom stereocenters. The van der Waals surface area contributed by atoms with Gasteiger partial charge in [0.2, 0.25) is 11.8 Å². The first-order valence-electron chi connectivity index (χ1n) is 9.28. The van der Waals surface area contributed by atoms with Crippen LogP contribution in [0.25, 0.3) is 0 Å². The maximum absolute atomic E-state index is 12.6. The smallest absolute Gasteiger partial charge is 0.229 e. The highest BCUT2D eigenvalue weighted by Crippen LogP contribution is 2.31. The maximum atomic E-state index is 12.6. The molecule has 1 aromatic carbocycles. The van der Waals surface area contributed by atoms with E-state index in [1.54, 1.807) is 6.20 Å². The minimum absolute atomic E-state index is 0.0440. The van der Waals surface area contributed by atoms with Gasteiger partial charge in [0.25, 0.3) is 0 Å². The third-order valence-corrected chi connectivity index (χ3v) is 5.28. The minimum Gasteiger partial charge on any atom is -0.351 e. The standard InChI is InChI=1S/C21H23N3O2/c25-19-7-3-11-24(19)14-16-5-1-4-15(12-16)13-23-21(26)18-9-8-17-6-2-10-22-20(17)18/h1-2,4-6,10,12,18H,3,7-9,11,13-14H2,(H,23,26)/t18-/m0/s1. The number of nitrogens with zero attached hydrogens (tertiary/aromatic N) is 2. The highest BCUT2D eigenvalue weighted by Gasteiger charge is 2.29. The Morgan fingerprint density at radius 3 is 2.92 bits per heavy atom. The summed E-state index contributed by atoms with van der Waals surface area (Å²) in [6.45, 7) is 1.99. The zero-order chi connectivity index (χ0) is 17.9. The number of amides is 2. The van der Waals surface area contributed by atoms with Crippen LogP contribution in [0, 0.1) is 0 Å². The third kappa shape index (κ3) is 3.47. The second-order valence-electron chi connectivity index (χ2n) is 7.10. The number of carbonyl (C=O) groups excluding carboxylic acids is 2. The molecule has 1 aromatic heterocycles. The summed E-state index contributed by atoms with van der Waals surface area (Å²) in [6, 6.07) is 12.1. The van der Waals surface area contributed by atoms with Crippen molar-refractivity contribution in [1.29, 1.82) is 0 Å². The van der Waals surface area contributed by atoms with E-state index in [9.17, 15) is 9.59 Å². The van der Waals surface area contributed by atoms with E-state index in [2.05, 4.69) is 22.4 Å². The first kappa shape index (κ1) is 16.8. The molecule has 5 heteroatoms. The Morgan fingerprint density at radius 1 is 1.19 bits per heavy atom. The number of hydrogen-bond donors (Lipinski definition) is 1. The van der Waals surface area contributed by atoms with E-state index in [1.807, 2.05) is 29.2 Å². The molecule has 1 aliphatic heterocycles. The minimum atomic E-state index is -0.142. The SMILES string of the molecule is O=C(NCc1cccc(CN2CCCC2=O)c1)[C@H]1CCc2cccnc21. The number of hydrogen-bond acceptors (Lipinski definition) is 3. The molecule has 1 saturated heterocycles. The Hall–Kier alpha value is -2.69. The first-order chi connectivity index (χ1) is 12.7. The van der Waals surface area contributed by atoms with Gasteiger partial charge in [-0.3, -0.25) is 14.6 Å². The van der Waals surface area contributed by atoms with Gasteiger partial charge in [0.1, 0.15) is 0 Å².